The molecule has 1 aliphatic heterocycles. The summed E-state index contributed by atoms with van der Waals surface area (Å²) in [6.07, 6.45) is 1.95. The molecule has 1 N–H and O–H groups in total. The average molecular weight is 260 g/mol. The first kappa shape index (κ1) is 12.5. The third-order valence-corrected chi connectivity index (χ3v) is 4.21. The molecule has 1 heterocycles. The van der Waals surface area contributed by atoms with Gasteiger partial charge in [0.2, 0.25) is 5.91 Å². The summed E-state index contributed by atoms with van der Waals surface area (Å²) < 4.78 is 5.18. The van der Waals surface area contributed by atoms with Gasteiger partial charge in [0.05, 0.1) is 12.5 Å². The van der Waals surface area contributed by atoms with E-state index in [1.54, 1.807) is 7.11 Å². The number of amides is 1. The summed E-state index contributed by atoms with van der Waals surface area (Å²) in [5.74, 6) is 1.15. The molecule has 0 unspecified atom stereocenters. The Morgan fingerprint density at radius 1 is 1.21 bits per heavy atom. The fourth-order valence-corrected chi connectivity index (χ4v) is 2.83. The number of nitrogens with one attached hydrogen (secondary N) is 1. The molecule has 102 valence electrons. The van der Waals surface area contributed by atoms with Crippen molar-refractivity contribution in [3.63, 3.8) is 0 Å². The number of ether oxygens (including phenoxy) is 1. The number of carbonyl (C=O) groups excluding carboxylic acids is 1. The van der Waals surface area contributed by atoms with Crippen molar-refractivity contribution in [1.29, 1.82) is 0 Å². The zero-order valence-corrected chi connectivity index (χ0v) is 11.3. The molecule has 0 radical (unpaired) electrons. The van der Waals surface area contributed by atoms with Gasteiger partial charge in [-0.25, -0.2) is 0 Å². The smallest absolute Gasteiger partial charge is 0.233 e. The van der Waals surface area contributed by atoms with Gasteiger partial charge in [-0.3, -0.25) is 4.79 Å². The number of hydrogen-bond donors (Lipinski definition) is 1. The highest BCUT2D eigenvalue weighted by atomic mass is 16.5. The molecule has 4 nitrogen and oxygen atoms in total. The van der Waals surface area contributed by atoms with Crippen LogP contribution < -0.4 is 10.1 Å². The fraction of sp³-hybridized carbons (Fsp3) is 0.533. The molecule has 3 rings (SSSR count). The molecular formula is C15H20N2O2. The molecule has 0 spiro atoms. The van der Waals surface area contributed by atoms with E-state index in [0.29, 0.717) is 5.91 Å². The Hall–Kier alpha value is -1.55. The van der Waals surface area contributed by atoms with Crippen molar-refractivity contribution in [2.75, 3.05) is 33.3 Å². The van der Waals surface area contributed by atoms with Crippen LogP contribution in [-0.2, 0) is 10.2 Å². The minimum atomic E-state index is -0.246. The summed E-state index contributed by atoms with van der Waals surface area (Å²) >= 11 is 0. The molecule has 2 fully saturated rings. The normalized spacial score (nSPS) is 21.0. The molecule has 0 atom stereocenters. The number of hydrogen-bond acceptors (Lipinski definition) is 3. The van der Waals surface area contributed by atoms with Crippen LogP contribution in [-0.4, -0.2) is 44.1 Å². The minimum absolute atomic E-state index is 0.246. The van der Waals surface area contributed by atoms with Crippen molar-refractivity contribution in [2.24, 2.45) is 0 Å². The number of rotatable bonds is 3. The summed E-state index contributed by atoms with van der Waals surface area (Å²) in [4.78, 5) is 14.7. The largest absolute Gasteiger partial charge is 0.497 e. The predicted octanol–water partition coefficient (Wildman–Crippen LogP) is 1.16. The van der Waals surface area contributed by atoms with Gasteiger partial charge in [0, 0.05) is 26.2 Å². The van der Waals surface area contributed by atoms with Gasteiger partial charge in [-0.05, 0) is 30.5 Å². The van der Waals surface area contributed by atoms with Crippen LogP contribution in [0.5, 0.6) is 5.75 Å². The molecule has 1 amide bonds. The predicted molar refractivity (Wildman–Crippen MR) is 73.4 cm³/mol. The molecule has 0 bridgehead atoms. The van der Waals surface area contributed by atoms with Crippen molar-refractivity contribution in [3.8, 4) is 5.75 Å². The number of carbonyl (C=O) groups is 1. The monoisotopic (exact) mass is 260 g/mol. The second-order valence-corrected chi connectivity index (χ2v) is 5.35. The lowest BCUT2D eigenvalue weighted by Gasteiger charge is -2.31. The van der Waals surface area contributed by atoms with E-state index in [1.807, 2.05) is 29.2 Å². The Morgan fingerprint density at radius 2 is 1.84 bits per heavy atom. The highest BCUT2D eigenvalue weighted by molar-refractivity contribution is 5.91. The number of methoxy groups -OCH3 is 1. The van der Waals surface area contributed by atoms with Crippen molar-refractivity contribution >= 4 is 5.91 Å². The summed E-state index contributed by atoms with van der Waals surface area (Å²) in [5, 5.41) is 3.29. The Kier molecular flexibility index (Phi) is 3.19. The molecule has 1 aromatic rings. The second-order valence-electron chi connectivity index (χ2n) is 5.35. The van der Waals surface area contributed by atoms with Crippen LogP contribution in [0.1, 0.15) is 18.4 Å². The summed E-state index contributed by atoms with van der Waals surface area (Å²) in [5.41, 5.74) is 0.890. The third-order valence-electron chi connectivity index (χ3n) is 4.21. The third kappa shape index (κ3) is 2.21. The Morgan fingerprint density at radius 3 is 2.37 bits per heavy atom. The van der Waals surface area contributed by atoms with Gasteiger partial charge in [-0.1, -0.05) is 12.1 Å². The standard InChI is InChI=1S/C15H20N2O2/c1-19-13-4-2-12(3-5-13)15(6-7-15)14(18)17-10-8-16-9-11-17/h2-5,16H,6-11H2,1H3. The van der Waals surface area contributed by atoms with E-state index in [9.17, 15) is 4.79 Å². The van der Waals surface area contributed by atoms with Crippen molar-refractivity contribution in [2.45, 2.75) is 18.3 Å². The fourth-order valence-electron chi connectivity index (χ4n) is 2.83. The SMILES string of the molecule is COc1ccc(C2(C(=O)N3CCNCC3)CC2)cc1. The Bertz CT molecular complexity index is 460. The molecule has 19 heavy (non-hydrogen) atoms. The Labute approximate surface area is 113 Å². The van der Waals surface area contributed by atoms with Crippen LogP contribution >= 0.6 is 0 Å². The topological polar surface area (TPSA) is 41.6 Å². The highest BCUT2D eigenvalue weighted by Gasteiger charge is 2.52. The number of nitrogens with zero attached hydrogens (tertiary/aromatic N) is 1. The van der Waals surface area contributed by atoms with Gasteiger partial charge in [0.1, 0.15) is 5.75 Å². The van der Waals surface area contributed by atoms with E-state index in [0.717, 1.165) is 50.3 Å². The number of piperazine rings is 1. The van der Waals surface area contributed by atoms with Gasteiger partial charge in [0.25, 0.3) is 0 Å². The maximum Gasteiger partial charge on any atom is 0.233 e. The maximum atomic E-state index is 12.7. The van der Waals surface area contributed by atoms with Gasteiger partial charge < -0.3 is 15.0 Å². The van der Waals surface area contributed by atoms with E-state index in [2.05, 4.69) is 5.32 Å². The van der Waals surface area contributed by atoms with Crippen molar-refractivity contribution < 1.29 is 9.53 Å². The van der Waals surface area contributed by atoms with E-state index >= 15 is 0 Å². The van der Waals surface area contributed by atoms with E-state index in [4.69, 9.17) is 4.74 Å². The first-order valence-electron chi connectivity index (χ1n) is 6.91. The van der Waals surface area contributed by atoms with Crippen LogP contribution in [0.15, 0.2) is 24.3 Å². The highest BCUT2D eigenvalue weighted by Crippen LogP contribution is 2.49. The molecule has 1 aliphatic carbocycles. The van der Waals surface area contributed by atoms with E-state index in [1.165, 1.54) is 0 Å². The molecule has 1 aromatic carbocycles. The molecule has 2 aliphatic rings. The molecule has 1 saturated carbocycles. The maximum absolute atomic E-state index is 12.7. The van der Waals surface area contributed by atoms with Crippen molar-refractivity contribution in [3.05, 3.63) is 29.8 Å². The lowest BCUT2D eigenvalue weighted by Crippen LogP contribution is -2.49. The van der Waals surface area contributed by atoms with Crippen LogP contribution in [0, 0.1) is 0 Å². The van der Waals surface area contributed by atoms with E-state index in [-0.39, 0.29) is 5.41 Å². The van der Waals surface area contributed by atoms with Crippen LogP contribution in [0.4, 0.5) is 0 Å². The zero-order valence-electron chi connectivity index (χ0n) is 11.3. The zero-order chi connectivity index (χ0) is 13.3. The van der Waals surface area contributed by atoms with Crippen LogP contribution in [0.2, 0.25) is 0 Å². The molecule has 0 aromatic heterocycles. The lowest BCUT2D eigenvalue weighted by molar-refractivity contribution is -0.134. The quantitative estimate of drug-likeness (QED) is 0.886. The molecule has 1 saturated heterocycles. The van der Waals surface area contributed by atoms with Crippen molar-refractivity contribution in [1.82, 2.24) is 10.2 Å². The van der Waals surface area contributed by atoms with Gasteiger partial charge >= 0.3 is 0 Å². The summed E-state index contributed by atoms with van der Waals surface area (Å²) in [7, 11) is 1.66. The second kappa shape index (κ2) is 4.85. The molecule has 4 heteroatoms. The Balaban J connectivity index is 1.79. The van der Waals surface area contributed by atoms with Gasteiger partial charge in [-0.15, -0.1) is 0 Å². The van der Waals surface area contributed by atoms with Crippen LogP contribution in [0.25, 0.3) is 0 Å². The average Bonchev–Trinajstić information content (AvgIpc) is 3.29. The van der Waals surface area contributed by atoms with Gasteiger partial charge in [-0.2, -0.15) is 0 Å². The van der Waals surface area contributed by atoms with Gasteiger partial charge in [0.15, 0.2) is 0 Å². The summed E-state index contributed by atoms with van der Waals surface area (Å²) in [6, 6.07) is 7.96. The first-order valence-corrected chi connectivity index (χ1v) is 6.91. The molecular weight excluding hydrogens is 240 g/mol. The first-order chi connectivity index (χ1) is 9.26. The lowest BCUT2D eigenvalue weighted by atomic mass is 9.94. The van der Waals surface area contributed by atoms with Crippen LogP contribution in [0.3, 0.4) is 0 Å². The van der Waals surface area contributed by atoms with E-state index < -0.39 is 0 Å². The number of benzene rings is 1. The minimum Gasteiger partial charge on any atom is -0.497 e. The summed E-state index contributed by atoms with van der Waals surface area (Å²) in [6.45, 7) is 3.47.